The summed E-state index contributed by atoms with van der Waals surface area (Å²) in [5.74, 6) is 2.52. The molecular weight excluding hydrogens is 328 g/mol. The van der Waals surface area contributed by atoms with Crippen molar-refractivity contribution in [2.24, 2.45) is 5.92 Å². The maximum absolute atomic E-state index is 11.5. The Morgan fingerprint density at radius 1 is 1.27 bits per heavy atom. The van der Waals surface area contributed by atoms with Crippen LogP contribution in [0.15, 0.2) is 31.2 Å². The molecule has 0 aliphatic carbocycles. The summed E-state index contributed by atoms with van der Waals surface area (Å²) in [4.78, 5) is 25.5. The number of amides is 1. The van der Waals surface area contributed by atoms with Crippen molar-refractivity contribution in [3.63, 3.8) is 0 Å². The highest BCUT2D eigenvalue weighted by atomic mass is 16.1. The van der Waals surface area contributed by atoms with E-state index in [2.05, 4.69) is 38.0 Å². The molecule has 2 atom stereocenters. The molecule has 7 nitrogen and oxygen atoms in total. The van der Waals surface area contributed by atoms with Crippen LogP contribution in [0.5, 0.6) is 0 Å². The summed E-state index contributed by atoms with van der Waals surface area (Å²) in [5, 5.41) is 2.98. The summed E-state index contributed by atoms with van der Waals surface area (Å²) in [5.41, 5.74) is 1.02. The second-order valence-corrected chi connectivity index (χ2v) is 7.40. The van der Waals surface area contributed by atoms with Gasteiger partial charge in [-0.25, -0.2) is 9.97 Å². The Balaban J connectivity index is 1.57. The third-order valence-corrected chi connectivity index (χ3v) is 5.38. The van der Waals surface area contributed by atoms with E-state index in [4.69, 9.17) is 4.98 Å². The Morgan fingerprint density at radius 2 is 2.15 bits per heavy atom. The summed E-state index contributed by atoms with van der Waals surface area (Å²) in [6, 6.07) is 0.132. The minimum atomic E-state index is -0.117. The molecule has 138 valence electrons. The van der Waals surface area contributed by atoms with Gasteiger partial charge in [0.05, 0.1) is 6.20 Å². The van der Waals surface area contributed by atoms with E-state index in [0.29, 0.717) is 5.92 Å². The van der Waals surface area contributed by atoms with Gasteiger partial charge in [0.15, 0.2) is 5.82 Å². The van der Waals surface area contributed by atoms with E-state index in [1.54, 1.807) is 0 Å². The fourth-order valence-electron chi connectivity index (χ4n) is 4.08. The van der Waals surface area contributed by atoms with Crippen LogP contribution in [0.4, 0.5) is 11.8 Å². The van der Waals surface area contributed by atoms with Crippen molar-refractivity contribution < 1.29 is 4.79 Å². The van der Waals surface area contributed by atoms with Gasteiger partial charge in [-0.2, -0.15) is 0 Å². The molecule has 0 aromatic carbocycles. The van der Waals surface area contributed by atoms with Gasteiger partial charge in [-0.15, -0.1) is 0 Å². The highest BCUT2D eigenvalue weighted by Crippen LogP contribution is 2.28. The Hall–Kier alpha value is -2.57. The van der Waals surface area contributed by atoms with E-state index in [1.165, 1.54) is 18.9 Å². The first-order valence-electron chi connectivity index (χ1n) is 9.40. The van der Waals surface area contributed by atoms with Gasteiger partial charge in [-0.05, 0) is 31.3 Å². The largest absolute Gasteiger partial charge is 0.353 e. The maximum atomic E-state index is 11.5. The zero-order chi connectivity index (χ0) is 18.1. The predicted molar refractivity (Wildman–Crippen MR) is 103 cm³/mol. The summed E-state index contributed by atoms with van der Waals surface area (Å²) >= 11 is 0. The molecule has 0 bridgehead atoms. The van der Waals surface area contributed by atoms with Crippen molar-refractivity contribution in [3.8, 4) is 0 Å². The monoisotopic (exact) mass is 354 g/mol. The van der Waals surface area contributed by atoms with Gasteiger partial charge in [-0.1, -0.05) is 13.5 Å². The van der Waals surface area contributed by atoms with E-state index in [9.17, 15) is 4.79 Å². The average Bonchev–Trinajstić information content (AvgIpc) is 3.28. The van der Waals surface area contributed by atoms with Gasteiger partial charge in [0.25, 0.3) is 0 Å². The zero-order valence-corrected chi connectivity index (χ0v) is 15.3. The van der Waals surface area contributed by atoms with E-state index in [1.807, 2.05) is 18.6 Å². The molecule has 26 heavy (non-hydrogen) atoms. The fraction of sp³-hybridized carbons (Fsp3) is 0.526. The highest BCUT2D eigenvalue weighted by Gasteiger charge is 2.27. The molecule has 2 aromatic rings. The minimum Gasteiger partial charge on any atom is -0.353 e. The summed E-state index contributed by atoms with van der Waals surface area (Å²) in [6.45, 7) is 9.56. The number of aromatic nitrogens is 3. The van der Waals surface area contributed by atoms with E-state index in [-0.39, 0.29) is 11.9 Å². The number of piperidine rings is 1. The molecule has 0 saturated carbocycles. The Morgan fingerprint density at radius 3 is 2.96 bits per heavy atom. The van der Waals surface area contributed by atoms with Crippen LogP contribution in [0.25, 0.3) is 5.52 Å². The van der Waals surface area contributed by atoms with Crippen molar-refractivity contribution >= 4 is 23.2 Å². The van der Waals surface area contributed by atoms with Crippen molar-refractivity contribution in [1.82, 2.24) is 19.7 Å². The predicted octanol–water partition coefficient (Wildman–Crippen LogP) is 1.85. The van der Waals surface area contributed by atoms with Gasteiger partial charge < -0.3 is 15.1 Å². The Bertz CT molecular complexity index is 815. The molecule has 4 heterocycles. The third-order valence-electron chi connectivity index (χ3n) is 5.38. The quantitative estimate of drug-likeness (QED) is 0.849. The molecule has 0 spiro atoms. The minimum absolute atomic E-state index is 0.117. The zero-order valence-electron chi connectivity index (χ0n) is 15.3. The molecule has 1 N–H and O–H groups in total. The van der Waals surface area contributed by atoms with Crippen LogP contribution >= 0.6 is 0 Å². The van der Waals surface area contributed by atoms with Gasteiger partial charge in [0.1, 0.15) is 5.52 Å². The van der Waals surface area contributed by atoms with Crippen LogP contribution in [0, 0.1) is 5.92 Å². The fourth-order valence-corrected chi connectivity index (χ4v) is 4.08. The number of rotatable bonds is 4. The Kier molecular flexibility index (Phi) is 4.53. The lowest BCUT2D eigenvalue weighted by atomic mass is 10.0. The van der Waals surface area contributed by atoms with Crippen molar-refractivity contribution in [2.45, 2.75) is 32.2 Å². The van der Waals surface area contributed by atoms with Gasteiger partial charge in [0, 0.05) is 44.6 Å². The van der Waals surface area contributed by atoms with Crippen molar-refractivity contribution in [1.29, 1.82) is 0 Å². The second-order valence-electron chi connectivity index (χ2n) is 7.40. The first-order valence-corrected chi connectivity index (χ1v) is 9.40. The lowest BCUT2D eigenvalue weighted by Crippen LogP contribution is -2.36. The number of imidazole rings is 1. The number of carbonyl (C=O) groups is 1. The molecule has 2 aliphatic rings. The second kappa shape index (κ2) is 6.97. The number of carbonyl (C=O) groups excluding carboxylic acids is 1. The molecule has 1 amide bonds. The smallest absolute Gasteiger partial charge is 0.243 e. The summed E-state index contributed by atoms with van der Waals surface area (Å²) < 4.78 is 2.15. The lowest BCUT2D eigenvalue weighted by Gasteiger charge is -2.31. The van der Waals surface area contributed by atoms with E-state index in [0.717, 1.165) is 49.9 Å². The number of nitrogens with one attached hydrogen (secondary N) is 1. The SMILES string of the molecule is C=CC(=O)N[C@@H]1CCN(c2nccn3c(N4CCC[C@@H](C)C4)ncc23)C1. The van der Waals surface area contributed by atoms with Crippen LogP contribution in [0.1, 0.15) is 26.2 Å². The first-order chi connectivity index (χ1) is 12.7. The lowest BCUT2D eigenvalue weighted by molar-refractivity contribution is -0.117. The molecular formula is C19H26N6O. The van der Waals surface area contributed by atoms with Crippen LogP contribution in [0.2, 0.25) is 0 Å². The molecule has 0 unspecified atom stereocenters. The van der Waals surface area contributed by atoms with Crippen LogP contribution < -0.4 is 15.1 Å². The van der Waals surface area contributed by atoms with Crippen molar-refractivity contribution in [2.75, 3.05) is 36.0 Å². The van der Waals surface area contributed by atoms with Crippen LogP contribution in [-0.4, -0.2) is 52.5 Å². The number of anilines is 2. The van der Waals surface area contributed by atoms with Gasteiger partial charge >= 0.3 is 0 Å². The molecule has 2 fully saturated rings. The molecule has 2 saturated heterocycles. The summed E-state index contributed by atoms with van der Waals surface area (Å²) in [6.07, 6.45) is 10.5. The standard InChI is InChI=1S/C19H26N6O/c1-3-17(26)22-15-6-9-23(13-15)18-16-11-21-19(25(16)10-7-20-18)24-8-4-5-14(2)12-24/h3,7,10-11,14-15H,1,4-6,8-9,12-13H2,2H3,(H,22,26)/t14-,15-/m1/s1. The van der Waals surface area contributed by atoms with Gasteiger partial charge in [-0.3, -0.25) is 9.20 Å². The number of hydrogen-bond acceptors (Lipinski definition) is 5. The number of hydrogen-bond donors (Lipinski definition) is 1. The average molecular weight is 354 g/mol. The summed E-state index contributed by atoms with van der Waals surface area (Å²) in [7, 11) is 0. The molecule has 4 rings (SSSR count). The molecule has 0 radical (unpaired) electrons. The topological polar surface area (TPSA) is 65.8 Å². The van der Waals surface area contributed by atoms with E-state index >= 15 is 0 Å². The number of nitrogens with zero attached hydrogens (tertiary/aromatic N) is 5. The normalized spacial score (nSPS) is 23.4. The Labute approximate surface area is 153 Å². The highest BCUT2D eigenvalue weighted by molar-refractivity contribution is 5.87. The van der Waals surface area contributed by atoms with Gasteiger partial charge in [0.2, 0.25) is 11.9 Å². The third kappa shape index (κ3) is 3.13. The molecule has 2 aromatic heterocycles. The van der Waals surface area contributed by atoms with Crippen LogP contribution in [0.3, 0.4) is 0 Å². The number of fused-ring (bicyclic) bond motifs is 1. The van der Waals surface area contributed by atoms with Crippen molar-refractivity contribution in [3.05, 3.63) is 31.2 Å². The maximum Gasteiger partial charge on any atom is 0.243 e. The van der Waals surface area contributed by atoms with E-state index < -0.39 is 0 Å². The molecule has 7 heteroatoms. The molecule has 2 aliphatic heterocycles. The van der Waals surface area contributed by atoms with Crippen LogP contribution in [-0.2, 0) is 4.79 Å². The first kappa shape index (κ1) is 16.9.